The first kappa shape index (κ1) is 25.7. The summed E-state index contributed by atoms with van der Waals surface area (Å²) >= 11 is 4.77. The molecule has 0 aliphatic carbocycles. The zero-order chi connectivity index (χ0) is 25.0. The zero-order valence-corrected chi connectivity index (χ0v) is 23.1. The van der Waals surface area contributed by atoms with E-state index in [1.165, 1.54) is 11.9 Å². The lowest BCUT2D eigenvalue weighted by molar-refractivity contribution is 0.0984. The Balaban J connectivity index is 1.44. The number of anilines is 1. The largest absolute Gasteiger partial charge is 0.351 e. The molecule has 4 heterocycles. The third-order valence-corrected chi connectivity index (χ3v) is 7.59. The number of carbonyl (C=O) groups excluding carboxylic acids is 1. The highest BCUT2D eigenvalue weighted by Gasteiger charge is 2.38. The fraction of sp³-hybridized carbons (Fsp3) is 0.462. The van der Waals surface area contributed by atoms with Crippen molar-refractivity contribution in [1.29, 1.82) is 0 Å². The SMILES string of the molecule is CCC(N=C1CCC=C(SNC(=O)c2ccc(Br)nc2N2CC(C)CC2(C)C)N1)c1ccccn1. The van der Waals surface area contributed by atoms with Crippen molar-refractivity contribution in [3.8, 4) is 0 Å². The number of pyridine rings is 2. The van der Waals surface area contributed by atoms with Gasteiger partial charge in [0.15, 0.2) is 0 Å². The maximum absolute atomic E-state index is 13.3. The Morgan fingerprint density at radius 1 is 1.37 bits per heavy atom. The molecular formula is C26H33BrN6OS. The topological polar surface area (TPSA) is 82.5 Å². The van der Waals surface area contributed by atoms with Gasteiger partial charge in [-0.05, 0) is 79.2 Å². The fourth-order valence-electron chi connectivity index (χ4n) is 4.81. The van der Waals surface area contributed by atoms with Gasteiger partial charge in [-0.3, -0.25) is 19.5 Å². The number of hydrogen-bond acceptors (Lipinski definition) is 6. The van der Waals surface area contributed by atoms with Crippen molar-refractivity contribution in [2.75, 3.05) is 11.4 Å². The van der Waals surface area contributed by atoms with Crippen LogP contribution in [0.2, 0.25) is 0 Å². The number of amides is 1. The third kappa shape index (κ3) is 6.25. The van der Waals surface area contributed by atoms with Gasteiger partial charge in [0.25, 0.3) is 5.91 Å². The van der Waals surface area contributed by atoms with E-state index in [0.29, 0.717) is 11.5 Å². The first-order chi connectivity index (χ1) is 16.8. The molecule has 1 fully saturated rings. The van der Waals surface area contributed by atoms with E-state index in [2.05, 4.69) is 69.6 Å². The Labute approximate surface area is 220 Å². The van der Waals surface area contributed by atoms with Crippen LogP contribution in [0.1, 0.15) is 75.5 Å². The molecule has 2 aromatic rings. The normalized spacial score (nSPS) is 21.4. The van der Waals surface area contributed by atoms with E-state index in [1.54, 1.807) is 6.20 Å². The molecular weight excluding hydrogens is 524 g/mol. The zero-order valence-electron chi connectivity index (χ0n) is 20.7. The number of hydrogen-bond donors (Lipinski definition) is 2. The van der Waals surface area contributed by atoms with Gasteiger partial charge in [0, 0.05) is 36.6 Å². The van der Waals surface area contributed by atoms with E-state index >= 15 is 0 Å². The molecule has 2 aliphatic heterocycles. The molecule has 7 nitrogen and oxygen atoms in total. The molecule has 2 aliphatic rings. The second-order valence-electron chi connectivity index (χ2n) is 9.76. The van der Waals surface area contributed by atoms with Crippen LogP contribution in [0, 0.1) is 5.92 Å². The molecule has 0 saturated carbocycles. The maximum atomic E-state index is 13.3. The summed E-state index contributed by atoms with van der Waals surface area (Å²) in [6.45, 7) is 9.66. The number of nitrogens with zero attached hydrogens (tertiary/aromatic N) is 4. The van der Waals surface area contributed by atoms with E-state index < -0.39 is 0 Å². The van der Waals surface area contributed by atoms with Crippen LogP contribution >= 0.6 is 27.9 Å². The van der Waals surface area contributed by atoms with Gasteiger partial charge in [-0.1, -0.05) is 26.0 Å². The molecule has 186 valence electrons. The minimum absolute atomic E-state index is 0.0141. The third-order valence-electron chi connectivity index (χ3n) is 6.37. The van der Waals surface area contributed by atoms with Crippen molar-refractivity contribution in [1.82, 2.24) is 20.0 Å². The van der Waals surface area contributed by atoms with Crippen LogP contribution in [0.5, 0.6) is 0 Å². The highest BCUT2D eigenvalue weighted by Crippen LogP contribution is 2.38. The maximum Gasteiger partial charge on any atom is 0.265 e. The number of allylic oxidation sites excluding steroid dienone is 1. The van der Waals surface area contributed by atoms with Crippen LogP contribution < -0.4 is 14.9 Å². The van der Waals surface area contributed by atoms with Crippen molar-refractivity contribution < 1.29 is 4.79 Å². The summed E-state index contributed by atoms with van der Waals surface area (Å²) < 4.78 is 3.73. The molecule has 2 atom stereocenters. The van der Waals surface area contributed by atoms with E-state index in [0.717, 1.165) is 59.2 Å². The highest BCUT2D eigenvalue weighted by atomic mass is 79.9. The fourth-order valence-corrected chi connectivity index (χ4v) is 5.79. The lowest BCUT2D eigenvalue weighted by atomic mass is 9.97. The van der Waals surface area contributed by atoms with Gasteiger partial charge < -0.3 is 10.2 Å². The summed E-state index contributed by atoms with van der Waals surface area (Å²) in [5.41, 5.74) is 1.49. The Kier molecular flexibility index (Phi) is 8.16. The summed E-state index contributed by atoms with van der Waals surface area (Å²) in [4.78, 5) is 29.6. The first-order valence-corrected chi connectivity index (χ1v) is 13.7. The van der Waals surface area contributed by atoms with E-state index in [1.807, 2.05) is 30.3 Å². The van der Waals surface area contributed by atoms with E-state index in [4.69, 9.17) is 9.98 Å². The van der Waals surface area contributed by atoms with Crippen molar-refractivity contribution >= 4 is 45.4 Å². The lowest BCUT2D eigenvalue weighted by Gasteiger charge is -2.33. The summed E-state index contributed by atoms with van der Waals surface area (Å²) in [5.74, 6) is 2.02. The van der Waals surface area contributed by atoms with Gasteiger partial charge in [0.1, 0.15) is 16.3 Å². The molecule has 0 bridgehead atoms. The minimum Gasteiger partial charge on any atom is -0.351 e. The number of aliphatic imine (C=N–C) groups is 1. The highest BCUT2D eigenvalue weighted by molar-refractivity contribution is 9.10. The number of rotatable bonds is 7. The van der Waals surface area contributed by atoms with Crippen LogP contribution in [0.25, 0.3) is 0 Å². The van der Waals surface area contributed by atoms with Crippen molar-refractivity contribution in [2.45, 2.75) is 65.0 Å². The quantitative estimate of drug-likeness (QED) is 0.320. The molecule has 2 unspecified atom stereocenters. The molecule has 2 N–H and O–H groups in total. The van der Waals surface area contributed by atoms with Gasteiger partial charge in [-0.25, -0.2) is 4.98 Å². The van der Waals surface area contributed by atoms with E-state index in [-0.39, 0.29) is 17.5 Å². The van der Waals surface area contributed by atoms with Crippen molar-refractivity contribution in [3.63, 3.8) is 0 Å². The summed E-state index contributed by atoms with van der Waals surface area (Å²) in [6, 6.07) is 9.60. The molecule has 9 heteroatoms. The standard InChI is InChI=1S/C26H33BrN6OS/c1-5-19(20-9-6-7-14-28-20)29-22-10-8-11-23(31-22)35-32-25(34)18-12-13-21(27)30-24(18)33-16-17(2)15-26(33,3)4/h6-7,9,11-14,17,19H,5,8,10,15-16H2,1-4H3,(H,29,31)(H,32,34). The number of aromatic nitrogens is 2. The minimum atomic E-state index is -0.160. The number of nitrogens with one attached hydrogen (secondary N) is 2. The first-order valence-electron chi connectivity index (χ1n) is 12.1. The molecule has 1 saturated heterocycles. The van der Waals surface area contributed by atoms with Crippen LogP contribution in [-0.2, 0) is 0 Å². The molecule has 2 aromatic heterocycles. The second kappa shape index (κ2) is 11.1. The molecule has 0 spiro atoms. The predicted octanol–water partition coefficient (Wildman–Crippen LogP) is 6.02. The van der Waals surface area contributed by atoms with Gasteiger partial charge >= 0.3 is 0 Å². The Bertz CT molecular complexity index is 1120. The number of amidine groups is 1. The lowest BCUT2D eigenvalue weighted by Crippen LogP contribution is -2.40. The smallest absolute Gasteiger partial charge is 0.265 e. The molecule has 1 amide bonds. The van der Waals surface area contributed by atoms with Crippen molar-refractivity contribution in [2.24, 2.45) is 10.9 Å². The van der Waals surface area contributed by atoms with Gasteiger partial charge in [0.2, 0.25) is 0 Å². The number of halogens is 1. The van der Waals surface area contributed by atoms with Crippen molar-refractivity contribution in [3.05, 3.63) is 63.5 Å². The molecule has 4 rings (SSSR count). The van der Waals surface area contributed by atoms with Crippen LogP contribution in [-0.4, -0.2) is 33.8 Å². The number of carbonyl (C=O) groups is 1. The average molecular weight is 558 g/mol. The Morgan fingerprint density at radius 3 is 2.89 bits per heavy atom. The summed E-state index contributed by atoms with van der Waals surface area (Å²) in [6.07, 6.45) is 7.54. The molecule has 0 radical (unpaired) electrons. The van der Waals surface area contributed by atoms with Crippen LogP contribution in [0.4, 0.5) is 5.82 Å². The average Bonchev–Trinajstić information content (AvgIpc) is 3.13. The van der Waals surface area contributed by atoms with Gasteiger partial charge in [-0.15, -0.1) is 0 Å². The second-order valence-corrected chi connectivity index (χ2v) is 11.4. The van der Waals surface area contributed by atoms with Gasteiger partial charge in [0.05, 0.1) is 22.3 Å². The van der Waals surface area contributed by atoms with E-state index in [9.17, 15) is 4.79 Å². The molecule has 35 heavy (non-hydrogen) atoms. The Morgan fingerprint density at radius 2 is 2.20 bits per heavy atom. The summed E-state index contributed by atoms with van der Waals surface area (Å²) in [7, 11) is 0. The summed E-state index contributed by atoms with van der Waals surface area (Å²) in [5, 5.41) is 4.27. The van der Waals surface area contributed by atoms with Crippen LogP contribution in [0.15, 0.2) is 57.2 Å². The monoisotopic (exact) mass is 556 g/mol. The Hall–Kier alpha value is -2.39. The predicted molar refractivity (Wildman–Crippen MR) is 147 cm³/mol. The van der Waals surface area contributed by atoms with Gasteiger partial charge in [-0.2, -0.15) is 0 Å². The van der Waals surface area contributed by atoms with Crippen LogP contribution in [0.3, 0.4) is 0 Å². The molecule has 0 aromatic carbocycles.